The van der Waals surface area contributed by atoms with Crippen LogP contribution < -0.4 is 9.47 Å². The number of nitriles is 2. The summed E-state index contributed by atoms with van der Waals surface area (Å²) in [5, 5.41) is 32.7. The van der Waals surface area contributed by atoms with E-state index < -0.39 is 0 Å². The molecule has 4 heterocycles. The number of hydrogen-bond acceptors (Lipinski definition) is 6. The lowest BCUT2D eigenvalue weighted by Crippen LogP contribution is -2.17. The van der Waals surface area contributed by atoms with Gasteiger partial charge in [0.25, 0.3) is 0 Å². The first-order valence-corrected chi connectivity index (χ1v) is 24.0. The van der Waals surface area contributed by atoms with Crippen LogP contribution in [0.25, 0.3) is 110 Å². The molecule has 346 valence electrons. The maximum Gasteiger partial charge on any atom is 0.120 e. The van der Waals surface area contributed by atoms with Crippen LogP contribution in [0.1, 0.15) is 11.1 Å². The zero-order chi connectivity index (χ0) is 48.5. The number of para-hydroxylation sites is 6. The summed E-state index contributed by atoms with van der Waals surface area (Å²) in [6.45, 7) is 1.56. The van der Waals surface area contributed by atoms with Gasteiger partial charge < -0.3 is 37.2 Å². The van der Waals surface area contributed by atoms with Crippen molar-refractivity contribution in [2.45, 2.75) is 0 Å². The molecule has 0 N–H and O–H groups in total. The van der Waals surface area contributed by atoms with E-state index >= 15 is 0 Å². The van der Waals surface area contributed by atoms with Gasteiger partial charge in [-0.15, -0.1) is 0 Å². The van der Waals surface area contributed by atoms with Gasteiger partial charge >= 0.3 is 0 Å². The molecule has 0 unspecified atom stereocenters. The third-order valence-corrected chi connectivity index (χ3v) is 14.1. The second-order valence-corrected chi connectivity index (χ2v) is 17.9. The fraction of sp³-hybridized carbons (Fsp3) is 0.0968. The number of nitrogens with zero attached hydrogens (tertiary/aromatic N) is 6. The number of fused-ring (bicyclic) bond motifs is 12. The summed E-state index contributed by atoms with van der Waals surface area (Å²) < 4.78 is 32.1. The minimum Gasteiger partial charge on any atom is -0.491 e. The van der Waals surface area contributed by atoms with E-state index in [9.17, 15) is 10.5 Å². The fourth-order valence-corrected chi connectivity index (χ4v) is 11.2. The molecule has 0 saturated heterocycles. The van der Waals surface area contributed by atoms with Crippen LogP contribution in [-0.4, -0.2) is 58.9 Å². The van der Waals surface area contributed by atoms with Gasteiger partial charge in [-0.05, 0) is 72.8 Å². The lowest BCUT2D eigenvalue weighted by Gasteiger charge is -2.27. The zero-order valence-electron chi connectivity index (χ0n) is 39.5. The molecule has 0 aliphatic carbocycles. The molecule has 9 aromatic carbocycles. The maximum absolute atomic E-state index is 12.4. The quantitative estimate of drug-likeness (QED) is 0.113. The first-order chi connectivity index (χ1) is 35.6. The van der Waals surface area contributed by atoms with E-state index in [0.29, 0.717) is 71.8 Å². The topological polar surface area (TPSA) is 104 Å². The minimum atomic E-state index is 0.319. The molecule has 0 amide bonds. The minimum absolute atomic E-state index is 0.319. The van der Waals surface area contributed by atoms with Crippen molar-refractivity contribution in [3.8, 4) is 46.4 Å². The fourth-order valence-electron chi connectivity index (χ4n) is 11.2. The molecule has 0 aliphatic heterocycles. The highest BCUT2D eigenvalue weighted by Crippen LogP contribution is 2.49. The summed E-state index contributed by atoms with van der Waals surface area (Å²) in [5.74, 6) is 1.31. The van der Waals surface area contributed by atoms with E-state index in [1.807, 2.05) is 60.7 Å². The van der Waals surface area contributed by atoms with Gasteiger partial charge in [-0.2, -0.15) is 10.5 Å². The Hall–Kier alpha value is -9.32. The average Bonchev–Trinajstić information content (AvgIpc) is 4.15. The Morgan fingerprint density at radius 1 is 0.319 bits per heavy atom. The van der Waals surface area contributed by atoms with Crippen LogP contribution in [0.3, 0.4) is 0 Å². The van der Waals surface area contributed by atoms with Gasteiger partial charge in [-0.25, -0.2) is 0 Å². The van der Waals surface area contributed by atoms with Gasteiger partial charge in [0.2, 0.25) is 0 Å². The van der Waals surface area contributed by atoms with Gasteiger partial charge in [-0.3, -0.25) is 0 Å². The van der Waals surface area contributed by atoms with E-state index in [1.165, 1.54) is 0 Å². The molecule has 13 aromatic rings. The van der Waals surface area contributed by atoms with Gasteiger partial charge in [0.1, 0.15) is 48.0 Å². The molecule has 0 aliphatic rings. The van der Waals surface area contributed by atoms with E-state index in [4.69, 9.17) is 18.9 Å². The molecule has 0 spiro atoms. The first-order valence-electron chi connectivity index (χ1n) is 24.0. The third kappa shape index (κ3) is 6.34. The molecule has 0 bridgehead atoms. The third-order valence-electron chi connectivity index (χ3n) is 14.1. The predicted octanol–water partition coefficient (Wildman–Crippen LogP) is 13.9. The van der Waals surface area contributed by atoms with Crippen molar-refractivity contribution in [1.82, 2.24) is 18.3 Å². The molecule has 72 heavy (non-hydrogen) atoms. The molecule has 0 fully saturated rings. The van der Waals surface area contributed by atoms with Crippen molar-refractivity contribution in [3.05, 3.63) is 193 Å². The lowest BCUT2D eigenvalue weighted by molar-refractivity contribution is 0.146. The number of methoxy groups -OCH3 is 2. The molecule has 13 rings (SSSR count). The summed E-state index contributed by atoms with van der Waals surface area (Å²) in [6, 6.07) is 67.9. The highest BCUT2D eigenvalue weighted by Gasteiger charge is 2.34. The van der Waals surface area contributed by atoms with E-state index in [1.54, 1.807) is 14.2 Å². The lowest BCUT2D eigenvalue weighted by atomic mass is 9.98. The molecular weight excluding hydrogens is 893 g/mol. The molecular formula is C62H44N6O4. The largest absolute Gasteiger partial charge is 0.491 e. The highest BCUT2D eigenvalue weighted by atomic mass is 16.5. The molecule has 4 aromatic heterocycles. The first kappa shape index (κ1) is 42.8. The van der Waals surface area contributed by atoms with E-state index in [-0.39, 0.29) is 0 Å². The van der Waals surface area contributed by atoms with Crippen molar-refractivity contribution in [1.29, 1.82) is 10.5 Å². The number of benzene rings is 9. The van der Waals surface area contributed by atoms with Gasteiger partial charge in [0.15, 0.2) is 0 Å². The number of ether oxygens (including phenoxy) is 4. The normalized spacial score (nSPS) is 11.8. The van der Waals surface area contributed by atoms with Crippen molar-refractivity contribution < 1.29 is 18.9 Å². The van der Waals surface area contributed by atoms with Gasteiger partial charge in [0.05, 0.1) is 80.1 Å². The summed E-state index contributed by atoms with van der Waals surface area (Å²) in [6.07, 6.45) is 0. The van der Waals surface area contributed by atoms with Crippen molar-refractivity contribution in [3.63, 3.8) is 0 Å². The molecule has 0 radical (unpaired) electrons. The molecule has 10 heteroatoms. The summed E-state index contributed by atoms with van der Waals surface area (Å²) >= 11 is 0. The highest BCUT2D eigenvalue weighted by molar-refractivity contribution is 6.16. The van der Waals surface area contributed by atoms with Crippen LogP contribution in [0.5, 0.6) is 11.5 Å². The molecule has 10 nitrogen and oxygen atoms in total. The van der Waals surface area contributed by atoms with Crippen molar-refractivity contribution >= 4 is 87.2 Å². The Morgan fingerprint density at radius 3 is 0.903 bits per heavy atom. The van der Waals surface area contributed by atoms with Crippen LogP contribution in [0.4, 0.5) is 0 Å². The SMILES string of the molecule is COCCOc1ccc2c(c1)c1cc(OCCOC)ccc1n2-c1c(C#N)c(-n2c3ccccc3c3ccccc32)c(-n2c3ccccc3c3ccccc32)c(-n2c3ccccc3c3ccccc32)c1C#N. The Balaban J connectivity index is 1.31. The Labute approximate surface area is 413 Å². The van der Waals surface area contributed by atoms with Gasteiger partial charge in [0, 0.05) is 57.3 Å². The molecule has 0 saturated carbocycles. The Morgan fingerprint density at radius 2 is 0.597 bits per heavy atom. The monoisotopic (exact) mass is 936 g/mol. The van der Waals surface area contributed by atoms with Crippen LogP contribution in [0.2, 0.25) is 0 Å². The van der Waals surface area contributed by atoms with Crippen LogP contribution in [-0.2, 0) is 9.47 Å². The number of hydrogen-bond donors (Lipinski definition) is 0. The predicted molar refractivity (Wildman–Crippen MR) is 288 cm³/mol. The van der Waals surface area contributed by atoms with Crippen LogP contribution in [0, 0.1) is 22.7 Å². The second kappa shape index (κ2) is 17.3. The summed E-state index contributed by atoms with van der Waals surface area (Å²) in [5.41, 5.74) is 10.1. The van der Waals surface area contributed by atoms with E-state index in [0.717, 1.165) is 87.2 Å². The van der Waals surface area contributed by atoms with Crippen LogP contribution >= 0.6 is 0 Å². The van der Waals surface area contributed by atoms with Gasteiger partial charge in [-0.1, -0.05) is 109 Å². The van der Waals surface area contributed by atoms with Crippen LogP contribution in [0.15, 0.2) is 182 Å². The smallest absolute Gasteiger partial charge is 0.120 e. The standard InChI is InChI=1S/C62H44N6O4/c1-69-31-33-71-39-27-29-57-47(35-39)48-36-40(72-34-32-70-2)28-30-58(48)65(57)59-49(37-63)60(66-51-21-9-3-15-41(51)42-16-4-10-22-52(42)66)62(68-55-25-13-7-19-45(55)46-20-8-14-26-56(46)68)61(50(59)38-64)67-53-23-11-5-17-43(53)44-18-6-12-24-54(44)67/h3-30,35-36H,31-34H2,1-2H3. The van der Waals surface area contributed by atoms with Crippen molar-refractivity contribution in [2.24, 2.45) is 0 Å². The molecule has 0 atom stereocenters. The zero-order valence-corrected chi connectivity index (χ0v) is 39.5. The maximum atomic E-state index is 12.4. The summed E-state index contributed by atoms with van der Waals surface area (Å²) in [4.78, 5) is 0. The number of rotatable bonds is 12. The van der Waals surface area contributed by atoms with Crippen molar-refractivity contribution in [2.75, 3.05) is 40.6 Å². The van der Waals surface area contributed by atoms with E-state index in [2.05, 4.69) is 152 Å². The average molecular weight is 937 g/mol. The Bertz CT molecular complexity index is 4040. The number of aromatic nitrogens is 4. The second-order valence-electron chi connectivity index (χ2n) is 17.9. The Kier molecular flexibility index (Phi) is 10.3. The summed E-state index contributed by atoms with van der Waals surface area (Å²) in [7, 11) is 3.30.